The van der Waals surface area contributed by atoms with Crippen LogP contribution in [0.25, 0.3) is 28.1 Å². The van der Waals surface area contributed by atoms with Gasteiger partial charge in [-0.3, -0.25) is 14.6 Å². The summed E-state index contributed by atoms with van der Waals surface area (Å²) in [5.41, 5.74) is 4.05. The number of benzene rings is 2. The first kappa shape index (κ1) is 27.6. The van der Waals surface area contributed by atoms with E-state index < -0.39 is 0 Å². The van der Waals surface area contributed by atoms with Gasteiger partial charge >= 0.3 is 0 Å². The zero-order valence-electron chi connectivity index (χ0n) is 22.5. The van der Waals surface area contributed by atoms with Crippen LogP contribution >= 0.6 is 24.0 Å². The van der Waals surface area contributed by atoms with E-state index in [0.29, 0.717) is 34.6 Å². The van der Waals surface area contributed by atoms with E-state index in [1.807, 2.05) is 24.4 Å². The summed E-state index contributed by atoms with van der Waals surface area (Å²) in [5, 5.41) is 15.1. The monoisotopic (exact) mass is 589 g/mol. The van der Waals surface area contributed by atoms with E-state index in [-0.39, 0.29) is 5.91 Å². The number of nitrogens with one attached hydrogen (secondary N) is 2. The van der Waals surface area contributed by atoms with Crippen molar-refractivity contribution in [3.05, 3.63) is 65.0 Å². The number of thiocarbonyl (C=S) groups is 1. The lowest BCUT2D eigenvalue weighted by Gasteiger charge is -2.26. The second kappa shape index (κ2) is 12.9. The third kappa shape index (κ3) is 6.67. The number of aromatic nitrogens is 5. The Kier molecular flexibility index (Phi) is 8.71. The highest BCUT2D eigenvalue weighted by Crippen LogP contribution is 2.36. The number of unbranched alkanes of at least 4 members (excludes halogenated alkanes) is 1. The largest absolute Gasteiger partial charge is 0.492 e. The number of carbonyl (C=O) groups excluding carboxylic acids is 1. The van der Waals surface area contributed by atoms with Gasteiger partial charge in [0.25, 0.3) is 5.91 Å². The zero-order chi connectivity index (χ0) is 28.0. The van der Waals surface area contributed by atoms with Crippen LogP contribution in [-0.4, -0.2) is 91.6 Å². The predicted octanol–water partition coefficient (Wildman–Crippen LogP) is 4.28. The molecule has 4 aromatic rings. The summed E-state index contributed by atoms with van der Waals surface area (Å²) in [7, 11) is 0. The molecular formula is C29H31N7O3S2. The lowest BCUT2D eigenvalue weighted by Crippen LogP contribution is -2.38. The van der Waals surface area contributed by atoms with Crippen molar-refractivity contribution in [3.63, 3.8) is 0 Å². The lowest BCUT2D eigenvalue weighted by molar-refractivity contribution is -0.122. The van der Waals surface area contributed by atoms with Crippen molar-refractivity contribution >= 4 is 51.2 Å². The summed E-state index contributed by atoms with van der Waals surface area (Å²) in [6, 6.07) is 14.5. The minimum absolute atomic E-state index is 0.0549. The van der Waals surface area contributed by atoms with Gasteiger partial charge in [-0.05, 0) is 65.8 Å². The first-order valence-corrected chi connectivity index (χ1v) is 15.0. The number of thioether (sulfide) groups is 1. The molecule has 0 saturated carbocycles. The average Bonchev–Trinajstić information content (AvgIpc) is 3.74. The van der Waals surface area contributed by atoms with Crippen LogP contribution in [0.4, 0.5) is 0 Å². The Morgan fingerprint density at radius 2 is 2.00 bits per heavy atom. The third-order valence-electron chi connectivity index (χ3n) is 7.23. The second-order valence-electron chi connectivity index (χ2n) is 9.96. The molecular weight excluding hydrogens is 558 g/mol. The Morgan fingerprint density at radius 1 is 1.10 bits per heavy atom. The van der Waals surface area contributed by atoms with E-state index in [0.717, 1.165) is 79.0 Å². The number of nitrogens with zero attached hydrogens (tertiary/aromatic N) is 5. The molecule has 1 amide bonds. The fourth-order valence-electron chi connectivity index (χ4n) is 5.00. The number of morpholine rings is 1. The van der Waals surface area contributed by atoms with Gasteiger partial charge in [0.2, 0.25) is 0 Å². The highest BCUT2D eigenvalue weighted by molar-refractivity contribution is 8.26. The predicted molar refractivity (Wildman–Crippen MR) is 163 cm³/mol. The average molecular weight is 590 g/mol. The quantitative estimate of drug-likeness (QED) is 0.150. The summed E-state index contributed by atoms with van der Waals surface area (Å²) in [5.74, 6) is 1.44. The van der Waals surface area contributed by atoms with Crippen molar-refractivity contribution in [1.82, 2.24) is 35.4 Å². The summed E-state index contributed by atoms with van der Waals surface area (Å²) in [6.07, 6.45) is 6.22. The molecule has 0 atom stereocenters. The molecule has 2 N–H and O–H groups in total. The number of hydrogen-bond donors (Lipinski definition) is 2. The number of amides is 1. The Labute approximate surface area is 247 Å². The first-order valence-electron chi connectivity index (χ1n) is 13.8. The summed E-state index contributed by atoms with van der Waals surface area (Å²) < 4.78 is 12.4. The number of hydrogen-bond acceptors (Lipinski definition) is 9. The number of carbonyl (C=O) groups is 1. The highest BCUT2D eigenvalue weighted by Gasteiger charge is 2.31. The molecule has 2 aliphatic heterocycles. The molecule has 2 fully saturated rings. The van der Waals surface area contributed by atoms with Crippen LogP contribution in [-0.2, 0) is 16.0 Å². The Hall–Kier alpha value is -3.58. The van der Waals surface area contributed by atoms with E-state index in [9.17, 15) is 4.79 Å². The van der Waals surface area contributed by atoms with Crippen LogP contribution in [0, 0.1) is 0 Å². The van der Waals surface area contributed by atoms with E-state index in [1.54, 1.807) is 4.90 Å². The summed E-state index contributed by atoms with van der Waals surface area (Å²) in [6.45, 7) is 5.39. The molecule has 0 radical (unpaired) electrons. The molecule has 12 heteroatoms. The van der Waals surface area contributed by atoms with Gasteiger partial charge in [0, 0.05) is 49.9 Å². The molecule has 6 rings (SSSR count). The second-order valence-corrected chi connectivity index (χ2v) is 11.6. The van der Waals surface area contributed by atoms with Crippen LogP contribution < -0.4 is 4.74 Å². The van der Waals surface area contributed by atoms with Crippen molar-refractivity contribution < 1.29 is 14.3 Å². The van der Waals surface area contributed by atoms with Gasteiger partial charge in [0.1, 0.15) is 16.7 Å². The molecule has 2 saturated heterocycles. The van der Waals surface area contributed by atoms with Gasteiger partial charge in [-0.2, -0.15) is 5.21 Å². The molecule has 0 unspecified atom stereocenters. The molecule has 10 nitrogen and oxygen atoms in total. The minimum Gasteiger partial charge on any atom is -0.492 e. The topological polar surface area (TPSA) is 112 Å². The van der Waals surface area contributed by atoms with Crippen LogP contribution in [0.5, 0.6) is 5.75 Å². The van der Waals surface area contributed by atoms with Crippen molar-refractivity contribution in [2.45, 2.75) is 19.3 Å². The van der Waals surface area contributed by atoms with Gasteiger partial charge in [-0.15, -0.1) is 10.2 Å². The zero-order valence-corrected chi connectivity index (χ0v) is 24.2. The first-order chi connectivity index (χ1) is 20.1. The van der Waals surface area contributed by atoms with E-state index >= 15 is 0 Å². The minimum atomic E-state index is -0.0549. The molecule has 2 aromatic carbocycles. The van der Waals surface area contributed by atoms with E-state index in [1.165, 1.54) is 11.8 Å². The third-order valence-corrected chi connectivity index (χ3v) is 8.61. The number of fused-ring (bicyclic) bond motifs is 1. The van der Waals surface area contributed by atoms with Gasteiger partial charge in [-0.25, -0.2) is 0 Å². The molecule has 41 heavy (non-hydrogen) atoms. The molecule has 212 valence electrons. The highest BCUT2D eigenvalue weighted by atomic mass is 32.2. The molecule has 0 spiro atoms. The van der Waals surface area contributed by atoms with Crippen LogP contribution in [0.2, 0.25) is 0 Å². The number of aromatic amines is 2. The number of H-pyrrole nitrogens is 2. The van der Waals surface area contributed by atoms with Crippen LogP contribution in [0.15, 0.2) is 53.6 Å². The van der Waals surface area contributed by atoms with Crippen LogP contribution in [0.1, 0.15) is 24.2 Å². The lowest BCUT2D eigenvalue weighted by atomic mass is 10.00. The maximum Gasteiger partial charge on any atom is 0.266 e. The Balaban J connectivity index is 1.18. The SMILES string of the molecule is O=C1C(=Cc2ccc(OCCN3CCOCC3)c(-c3ccc4[nH]ccc4c3)c2)SC(=S)N1CCCCc1nn[nH]n1. The van der Waals surface area contributed by atoms with Crippen molar-refractivity contribution in [3.8, 4) is 16.9 Å². The number of aryl methyl sites for hydroxylation is 1. The summed E-state index contributed by atoms with van der Waals surface area (Å²) >= 11 is 6.90. The van der Waals surface area contributed by atoms with Crippen molar-refractivity contribution in [2.75, 3.05) is 46.0 Å². The maximum absolute atomic E-state index is 13.2. The fourth-order valence-corrected chi connectivity index (χ4v) is 6.31. The fraction of sp³-hybridized carbons (Fsp3) is 0.345. The number of ether oxygens (including phenoxy) is 2. The van der Waals surface area contributed by atoms with Crippen molar-refractivity contribution in [1.29, 1.82) is 0 Å². The van der Waals surface area contributed by atoms with Crippen molar-refractivity contribution in [2.24, 2.45) is 0 Å². The van der Waals surface area contributed by atoms with Crippen LogP contribution in [0.3, 0.4) is 0 Å². The molecule has 2 aliphatic rings. The normalized spacial score (nSPS) is 17.3. The van der Waals surface area contributed by atoms with Gasteiger partial charge in [-0.1, -0.05) is 41.3 Å². The Bertz CT molecular complexity index is 1550. The Morgan fingerprint density at radius 3 is 2.85 bits per heavy atom. The number of rotatable bonds is 11. The molecule has 0 aliphatic carbocycles. The van der Waals surface area contributed by atoms with Gasteiger partial charge < -0.3 is 14.5 Å². The summed E-state index contributed by atoms with van der Waals surface area (Å²) in [4.78, 5) is 21.2. The van der Waals surface area contributed by atoms with Gasteiger partial charge in [0.05, 0.1) is 18.1 Å². The molecule has 2 aromatic heterocycles. The molecule has 0 bridgehead atoms. The maximum atomic E-state index is 13.2. The number of tetrazole rings is 1. The molecule has 4 heterocycles. The van der Waals surface area contributed by atoms with Gasteiger partial charge in [0.15, 0.2) is 5.82 Å². The standard InChI is InChI=1S/C29H31N7O3S2/c37-28-26(41-29(40)36(28)10-2-1-3-27-31-33-34-32-27)18-20-4-7-25(39-16-13-35-11-14-38-15-12-35)23(17-20)21-5-6-24-22(19-21)8-9-30-24/h4-9,17-19,30H,1-3,10-16H2,(H,31,32,33,34). The van der Waals surface area contributed by atoms with E-state index in [4.69, 9.17) is 21.7 Å². The van der Waals surface area contributed by atoms with E-state index in [2.05, 4.69) is 60.8 Å². The smallest absolute Gasteiger partial charge is 0.266 e.